The Labute approximate surface area is 205 Å². The van der Waals surface area contributed by atoms with Gasteiger partial charge in [0.05, 0.1) is 5.69 Å². The number of furan rings is 1. The molecule has 2 nitrogen and oxygen atoms in total. The van der Waals surface area contributed by atoms with Crippen LogP contribution in [0.1, 0.15) is 31.2 Å². The van der Waals surface area contributed by atoms with Gasteiger partial charge in [0.15, 0.2) is 0 Å². The molecular weight excluding hydrogens is 426 g/mol. The number of para-hydroxylation sites is 1. The predicted octanol–water partition coefficient (Wildman–Crippen LogP) is 9.20. The summed E-state index contributed by atoms with van der Waals surface area (Å²) in [5.41, 5.74) is 7.66. The average molecular weight is 454 g/mol. The molecule has 1 aliphatic carbocycles. The maximum atomic E-state index is 6.52. The fourth-order valence-electron chi connectivity index (χ4n) is 5.84. The Balaban J connectivity index is 1.31. The first-order chi connectivity index (χ1) is 17.3. The van der Waals surface area contributed by atoms with Crippen LogP contribution in [0.4, 0.5) is 0 Å². The zero-order valence-corrected chi connectivity index (χ0v) is 19.7. The Morgan fingerprint density at radius 3 is 2.46 bits per heavy atom. The van der Waals surface area contributed by atoms with Gasteiger partial charge in [-0.1, -0.05) is 80.3 Å². The van der Waals surface area contributed by atoms with Crippen molar-refractivity contribution in [1.82, 2.24) is 4.98 Å². The van der Waals surface area contributed by atoms with E-state index in [0.29, 0.717) is 0 Å². The highest BCUT2D eigenvalue weighted by Gasteiger charge is 2.17. The number of fused-ring (bicyclic) bond motifs is 4. The van der Waals surface area contributed by atoms with E-state index in [1.165, 1.54) is 53.1 Å². The van der Waals surface area contributed by atoms with Gasteiger partial charge in [-0.25, -0.2) is 0 Å². The third-order valence-corrected chi connectivity index (χ3v) is 7.68. The van der Waals surface area contributed by atoms with E-state index in [4.69, 9.17) is 9.40 Å². The van der Waals surface area contributed by atoms with Crippen LogP contribution in [-0.2, 0) is 6.42 Å². The van der Waals surface area contributed by atoms with Crippen molar-refractivity contribution in [3.8, 4) is 22.4 Å². The molecule has 0 amide bonds. The highest BCUT2D eigenvalue weighted by molar-refractivity contribution is 6.10. The smallest absolute Gasteiger partial charge is 0.144 e. The fourth-order valence-corrected chi connectivity index (χ4v) is 5.84. The lowest BCUT2D eigenvalue weighted by atomic mass is 9.97. The van der Waals surface area contributed by atoms with Crippen molar-refractivity contribution in [2.45, 2.75) is 32.1 Å². The molecule has 1 aliphatic rings. The average Bonchev–Trinajstić information content (AvgIpc) is 3.55. The first-order valence-corrected chi connectivity index (χ1v) is 12.7. The van der Waals surface area contributed by atoms with E-state index in [9.17, 15) is 0 Å². The largest absolute Gasteiger partial charge is 0.455 e. The summed E-state index contributed by atoms with van der Waals surface area (Å²) < 4.78 is 6.52. The summed E-state index contributed by atoms with van der Waals surface area (Å²) in [5.74, 6) is 0.820. The first-order valence-electron chi connectivity index (χ1n) is 12.7. The summed E-state index contributed by atoms with van der Waals surface area (Å²) in [4.78, 5) is 4.74. The second kappa shape index (κ2) is 8.39. The molecular formula is C33H27NO. The number of benzene rings is 4. The SMILES string of the molecule is c1ccc2cc(-c3ccc4c(c3)oc3c(-c5cc(CC6CCCC6)ccn5)cccc34)ccc2c1. The molecule has 0 saturated heterocycles. The van der Waals surface area contributed by atoms with Crippen LogP contribution in [0.3, 0.4) is 0 Å². The molecule has 0 bridgehead atoms. The van der Waals surface area contributed by atoms with Crippen molar-refractivity contribution >= 4 is 32.7 Å². The van der Waals surface area contributed by atoms with Gasteiger partial charge in [0.25, 0.3) is 0 Å². The van der Waals surface area contributed by atoms with Crippen LogP contribution in [0.25, 0.3) is 55.1 Å². The van der Waals surface area contributed by atoms with Crippen molar-refractivity contribution in [1.29, 1.82) is 0 Å². The van der Waals surface area contributed by atoms with E-state index >= 15 is 0 Å². The molecule has 1 saturated carbocycles. The lowest BCUT2D eigenvalue weighted by Gasteiger charge is -2.10. The van der Waals surface area contributed by atoms with E-state index in [-0.39, 0.29) is 0 Å². The maximum absolute atomic E-state index is 6.52. The molecule has 0 aliphatic heterocycles. The first kappa shape index (κ1) is 20.5. The van der Waals surface area contributed by atoms with E-state index in [2.05, 4.69) is 91.0 Å². The van der Waals surface area contributed by atoms with E-state index < -0.39 is 0 Å². The summed E-state index contributed by atoms with van der Waals surface area (Å²) in [6, 6.07) is 32.6. The number of rotatable bonds is 4. The topological polar surface area (TPSA) is 26.0 Å². The Bertz CT molecular complexity index is 1690. The minimum absolute atomic E-state index is 0.820. The van der Waals surface area contributed by atoms with Crippen LogP contribution >= 0.6 is 0 Å². The second-order valence-corrected chi connectivity index (χ2v) is 9.96. The van der Waals surface area contributed by atoms with Crippen molar-refractivity contribution in [2.24, 2.45) is 5.92 Å². The lowest BCUT2D eigenvalue weighted by molar-refractivity contribution is 0.546. The minimum atomic E-state index is 0.820. The van der Waals surface area contributed by atoms with Gasteiger partial charge in [-0.15, -0.1) is 0 Å². The third kappa shape index (κ3) is 3.70. The maximum Gasteiger partial charge on any atom is 0.144 e. The molecule has 0 radical (unpaired) electrons. The summed E-state index contributed by atoms with van der Waals surface area (Å²) in [6.07, 6.45) is 8.58. The normalized spacial score (nSPS) is 14.4. The molecule has 6 aromatic rings. The van der Waals surface area contributed by atoms with Crippen LogP contribution in [0.2, 0.25) is 0 Å². The van der Waals surface area contributed by atoms with Crippen LogP contribution < -0.4 is 0 Å². The Hall–Kier alpha value is -3.91. The van der Waals surface area contributed by atoms with Gasteiger partial charge in [-0.05, 0) is 76.2 Å². The molecule has 2 heteroatoms. The summed E-state index contributed by atoms with van der Waals surface area (Å²) >= 11 is 0. The fraction of sp³-hybridized carbons (Fsp3) is 0.182. The predicted molar refractivity (Wildman–Crippen MR) is 146 cm³/mol. The van der Waals surface area contributed by atoms with Crippen LogP contribution in [0, 0.1) is 5.92 Å². The van der Waals surface area contributed by atoms with Crippen molar-refractivity contribution < 1.29 is 4.42 Å². The zero-order valence-electron chi connectivity index (χ0n) is 19.7. The molecule has 4 aromatic carbocycles. The minimum Gasteiger partial charge on any atom is -0.455 e. The van der Waals surface area contributed by atoms with Crippen molar-refractivity contribution in [3.63, 3.8) is 0 Å². The van der Waals surface area contributed by atoms with Gasteiger partial charge in [0, 0.05) is 22.5 Å². The summed E-state index contributed by atoms with van der Waals surface area (Å²) in [6.45, 7) is 0. The van der Waals surface area contributed by atoms with Crippen LogP contribution in [0.5, 0.6) is 0 Å². The van der Waals surface area contributed by atoms with Crippen molar-refractivity contribution in [3.05, 3.63) is 103 Å². The quantitative estimate of drug-likeness (QED) is 0.266. The van der Waals surface area contributed by atoms with Gasteiger partial charge in [0.2, 0.25) is 0 Å². The summed E-state index contributed by atoms with van der Waals surface area (Å²) in [5, 5.41) is 4.80. The van der Waals surface area contributed by atoms with E-state index in [1.54, 1.807) is 0 Å². The highest BCUT2D eigenvalue weighted by atomic mass is 16.3. The van der Waals surface area contributed by atoms with Gasteiger partial charge in [-0.3, -0.25) is 4.98 Å². The number of aromatic nitrogens is 1. The Morgan fingerprint density at radius 1 is 0.714 bits per heavy atom. The van der Waals surface area contributed by atoms with E-state index in [1.807, 2.05) is 6.20 Å². The third-order valence-electron chi connectivity index (χ3n) is 7.68. The molecule has 0 unspecified atom stereocenters. The zero-order chi connectivity index (χ0) is 23.2. The molecule has 35 heavy (non-hydrogen) atoms. The molecule has 170 valence electrons. The summed E-state index contributed by atoms with van der Waals surface area (Å²) in [7, 11) is 0. The molecule has 0 N–H and O–H groups in total. The van der Waals surface area contributed by atoms with Crippen LogP contribution in [0.15, 0.2) is 102 Å². The number of pyridine rings is 1. The highest BCUT2D eigenvalue weighted by Crippen LogP contribution is 2.38. The van der Waals surface area contributed by atoms with Gasteiger partial charge < -0.3 is 4.42 Å². The number of nitrogens with zero attached hydrogens (tertiary/aromatic N) is 1. The molecule has 1 fully saturated rings. The van der Waals surface area contributed by atoms with Gasteiger partial charge in [0.1, 0.15) is 11.2 Å². The second-order valence-electron chi connectivity index (χ2n) is 9.96. The monoisotopic (exact) mass is 453 g/mol. The van der Waals surface area contributed by atoms with Crippen molar-refractivity contribution in [2.75, 3.05) is 0 Å². The molecule has 2 heterocycles. The Morgan fingerprint density at radius 2 is 1.54 bits per heavy atom. The Kier molecular flexibility index (Phi) is 4.91. The number of hydrogen-bond acceptors (Lipinski definition) is 2. The molecule has 0 spiro atoms. The standard InChI is InChI=1S/C33H27NO/c1-2-7-22(6-1)18-23-16-17-34-31(19-23)30-11-5-10-29-28-15-14-27(21-32(28)35-33(29)30)26-13-12-24-8-3-4-9-25(24)20-26/h3-5,8-17,19-22H,1-2,6-7,18H2. The molecule has 0 atom stereocenters. The lowest BCUT2D eigenvalue weighted by Crippen LogP contribution is -1.99. The van der Waals surface area contributed by atoms with Crippen LogP contribution in [-0.4, -0.2) is 4.98 Å². The van der Waals surface area contributed by atoms with E-state index in [0.717, 1.165) is 45.5 Å². The number of hydrogen-bond donors (Lipinski definition) is 0. The van der Waals surface area contributed by atoms with Gasteiger partial charge >= 0.3 is 0 Å². The molecule has 2 aromatic heterocycles. The van der Waals surface area contributed by atoms with Gasteiger partial charge in [-0.2, -0.15) is 0 Å². The molecule has 7 rings (SSSR count).